The van der Waals surface area contributed by atoms with Crippen molar-refractivity contribution in [2.24, 2.45) is 5.92 Å². The molecule has 0 radical (unpaired) electrons. The molecule has 0 amide bonds. The van der Waals surface area contributed by atoms with Crippen LogP contribution >= 0.6 is 0 Å². The number of rotatable bonds is 3. The van der Waals surface area contributed by atoms with Crippen LogP contribution in [0.1, 0.15) is 44.9 Å². The monoisotopic (exact) mass is 209 g/mol. The maximum Gasteiger partial charge on any atom is 0.0693 e. The third-order valence-corrected chi connectivity index (χ3v) is 3.78. The van der Waals surface area contributed by atoms with Crippen molar-refractivity contribution in [3.63, 3.8) is 0 Å². The van der Waals surface area contributed by atoms with Gasteiger partial charge in [-0.3, -0.25) is 0 Å². The topological polar surface area (TPSA) is 32.3 Å². The molecule has 0 aromatic rings. The van der Waals surface area contributed by atoms with E-state index in [0.717, 1.165) is 25.3 Å². The third kappa shape index (κ3) is 3.32. The fourth-order valence-electron chi connectivity index (χ4n) is 2.71. The molecule has 0 bridgehead atoms. The first-order chi connectivity index (χ1) is 7.36. The molecule has 3 unspecified atom stereocenters. The van der Waals surface area contributed by atoms with E-state index in [-0.39, 0.29) is 6.10 Å². The highest BCUT2D eigenvalue weighted by molar-refractivity contribution is 4.91. The number of hydrogen-bond acceptors (Lipinski definition) is 2. The van der Waals surface area contributed by atoms with E-state index in [9.17, 15) is 5.11 Å². The smallest absolute Gasteiger partial charge is 0.0693 e. The summed E-state index contributed by atoms with van der Waals surface area (Å²) in [5, 5.41) is 13.4. The summed E-state index contributed by atoms with van der Waals surface area (Å²) < 4.78 is 0. The Balaban J connectivity index is 1.69. The van der Waals surface area contributed by atoms with E-state index in [1.807, 2.05) is 0 Å². The van der Waals surface area contributed by atoms with E-state index in [1.165, 1.54) is 32.1 Å². The van der Waals surface area contributed by atoms with Crippen molar-refractivity contribution in [2.75, 3.05) is 6.54 Å². The van der Waals surface area contributed by atoms with E-state index in [0.29, 0.717) is 6.04 Å². The van der Waals surface area contributed by atoms with Gasteiger partial charge >= 0.3 is 0 Å². The highest BCUT2D eigenvalue weighted by Gasteiger charge is 2.23. The Morgan fingerprint density at radius 3 is 2.73 bits per heavy atom. The standard InChI is InChI=1S/C13H23NO/c15-13-9-5-4-8-12(13)14-10-11-6-2-1-3-7-11/h1-2,11-15H,3-10H2. The Morgan fingerprint density at radius 1 is 1.13 bits per heavy atom. The van der Waals surface area contributed by atoms with E-state index >= 15 is 0 Å². The van der Waals surface area contributed by atoms with Gasteiger partial charge in [0.2, 0.25) is 0 Å². The molecule has 2 aliphatic rings. The molecule has 0 aliphatic heterocycles. The lowest BCUT2D eigenvalue weighted by Crippen LogP contribution is -2.44. The molecular formula is C13H23NO. The molecule has 1 saturated carbocycles. The molecule has 3 atom stereocenters. The summed E-state index contributed by atoms with van der Waals surface area (Å²) >= 11 is 0. The molecule has 0 saturated heterocycles. The van der Waals surface area contributed by atoms with Gasteiger partial charge in [0.25, 0.3) is 0 Å². The molecule has 1 fully saturated rings. The van der Waals surface area contributed by atoms with Crippen molar-refractivity contribution in [1.82, 2.24) is 5.32 Å². The molecule has 2 nitrogen and oxygen atoms in total. The molecule has 0 heterocycles. The summed E-state index contributed by atoms with van der Waals surface area (Å²) in [5.74, 6) is 0.795. The van der Waals surface area contributed by atoms with Crippen molar-refractivity contribution in [2.45, 2.75) is 57.1 Å². The van der Waals surface area contributed by atoms with E-state index in [2.05, 4.69) is 17.5 Å². The molecule has 0 spiro atoms. The van der Waals surface area contributed by atoms with Gasteiger partial charge in [-0.25, -0.2) is 0 Å². The predicted octanol–water partition coefficient (Wildman–Crippen LogP) is 2.24. The lowest BCUT2D eigenvalue weighted by molar-refractivity contribution is 0.0886. The van der Waals surface area contributed by atoms with Gasteiger partial charge in [0, 0.05) is 6.04 Å². The average Bonchev–Trinajstić information content (AvgIpc) is 2.29. The van der Waals surface area contributed by atoms with Crippen LogP contribution in [-0.2, 0) is 0 Å². The highest BCUT2D eigenvalue weighted by atomic mass is 16.3. The Morgan fingerprint density at radius 2 is 2.00 bits per heavy atom. The average molecular weight is 209 g/mol. The van der Waals surface area contributed by atoms with Crippen LogP contribution in [0.2, 0.25) is 0 Å². The Hall–Kier alpha value is -0.340. The normalized spacial score (nSPS) is 36.7. The van der Waals surface area contributed by atoms with Crippen molar-refractivity contribution in [3.8, 4) is 0 Å². The van der Waals surface area contributed by atoms with Crippen molar-refractivity contribution >= 4 is 0 Å². The minimum absolute atomic E-state index is 0.0992. The summed E-state index contributed by atoms with van der Waals surface area (Å²) in [5.41, 5.74) is 0. The van der Waals surface area contributed by atoms with Crippen LogP contribution in [0.15, 0.2) is 12.2 Å². The minimum Gasteiger partial charge on any atom is -0.392 e. The molecule has 15 heavy (non-hydrogen) atoms. The molecule has 2 N–H and O–H groups in total. The van der Waals surface area contributed by atoms with Gasteiger partial charge in [-0.2, -0.15) is 0 Å². The van der Waals surface area contributed by atoms with Gasteiger partial charge < -0.3 is 10.4 Å². The lowest BCUT2D eigenvalue weighted by atomic mass is 9.90. The van der Waals surface area contributed by atoms with E-state index in [4.69, 9.17) is 0 Å². The van der Waals surface area contributed by atoms with Crippen LogP contribution < -0.4 is 5.32 Å². The molecule has 0 aromatic heterocycles. The molecular weight excluding hydrogens is 186 g/mol. The second-order valence-corrected chi connectivity index (χ2v) is 5.02. The van der Waals surface area contributed by atoms with Crippen LogP contribution in [0.25, 0.3) is 0 Å². The second kappa shape index (κ2) is 5.66. The molecule has 2 aliphatic carbocycles. The summed E-state index contributed by atoms with van der Waals surface area (Å²) in [6, 6.07) is 0.365. The van der Waals surface area contributed by atoms with Crippen LogP contribution in [-0.4, -0.2) is 23.8 Å². The first-order valence-electron chi connectivity index (χ1n) is 6.42. The van der Waals surface area contributed by atoms with E-state index in [1.54, 1.807) is 0 Å². The van der Waals surface area contributed by atoms with Crippen molar-refractivity contribution in [3.05, 3.63) is 12.2 Å². The summed E-state index contributed by atoms with van der Waals surface area (Å²) in [6.07, 6.45) is 12.9. The maximum absolute atomic E-state index is 9.82. The zero-order valence-electron chi connectivity index (χ0n) is 9.49. The number of hydrogen-bond donors (Lipinski definition) is 2. The van der Waals surface area contributed by atoms with Gasteiger partial charge in [0.15, 0.2) is 0 Å². The van der Waals surface area contributed by atoms with Crippen molar-refractivity contribution < 1.29 is 5.11 Å². The van der Waals surface area contributed by atoms with Gasteiger partial charge in [-0.05, 0) is 44.6 Å². The van der Waals surface area contributed by atoms with Gasteiger partial charge in [-0.15, -0.1) is 0 Å². The van der Waals surface area contributed by atoms with Crippen LogP contribution in [0.4, 0.5) is 0 Å². The molecule has 2 rings (SSSR count). The second-order valence-electron chi connectivity index (χ2n) is 5.02. The quantitative estimate of drug-likeness (QED) is 0.699. The first kappa shape index (κ1) is 11.2. The van der Waals surface area contributed by atoms with Crippen LogP contribution in [0, 0.1) is 5.92 Å². The Kier molecular flexibility index (Phi) is 4.21. The first-order valence-corrected chi connectivity index (χ1v) is 6.42. The third-order valence-electron chi connectivity index (χ3n) is 3.78. The van der Waals surface area contributed by atoms with Gasteiger partial charge in [-0.1, -0.05) is 25.0 Å². The number of nitrogens with one attached hydrogen (secondary N) is 1. The summed E-state index contributed by atoms with van der Waals surface area (Å²) in [6.45, 7) is 1.09. The fraction of sp³-hybridized carbons (Fsp3) is 0.846. The summed E-state index contributed by atoms with van der Waals surface area (Å²) in [7, 11) is 0. The summed E-state index contributed by atoms with van der Waals surface area (Å²) in [4.78, 5) is 0. The van der Waals surface area contributed by atoms with Crippen LogP contribution in [0.5, 0.6) is 0 Å². The zero-order valence-corrected chi connectivity index (χ0v) is 9.49. The predicted molar refractivity (Wildman–Crippen MR) is 62.7 cm³/mol. The minimum atomic E-state index is -0.0992. The van der Waals surface area contributed by atoms with Gasteiger partial charge in [0.05, 0.1) is 6.10 Å². The zero-order chi connectivity index (χ0) is 10.5. The lowest BCUT2D eigenvalue weighted by Gasteiger charge is -2.30. The number of aliphatic hydroxyl groups excluding tert-OH is 1. The molecule has 2 heteroatoms. The Bertz CT molecular complexity index is 215. The van der Waals surface area contributed by atoms with Gasteiger partial charge in [0.1, 0.15) is 0 Å². The maximum atomic E-state index is 9.82. The fourth-order valence-corrected chi connectivity index (χ4v) is 2.71. The number of aliphatic hydroxyl groups is 1. The van der Waals surface area contributed by atoms with E-state index < -0.39 is 0 Å². The SMILES string of the molecule is OC1CCCCC1NCC1CC=CCC1. The highest BCUT2D eigenvalue weighted by Crippen LogP contribution is 2.21. The Labute approximate surface area is 92.8 Å². The largest absolute Gasteiger partial charge is 0.392 e. The van der Waals surface area contributed by atoms with Crippen molar-refractivity contribution in [1.29, 1.82) is 0 Å². The number of allylic oxidation sites excluding steroid dienone is 2. The molecule has 0 aromatic carbocycles. The molecule has 86 valence electrons. The van der Waals surface area contributed by atoms with Crippen LogP contribution in [0.3, 0.4) is 0 Å².